The van der Waals surface area contributed by atoms with Crippen molar-refractivity contribution in [1.82, 2.24) is 0 Å². The van der Waals surface area contributed by atoms with E-state index in [1.54, 1.807) is 18.9 Å². The molecule has 2 N–H and O–H groups in total. The number of ether oxygens (including phenoxy) is 1. The normalized spacial score (nSPS) is 13.5. The van der Waals surface area contributed by atoms with Crippen LogP contribution in [0.2, 0.25) is 0 Å². The first-order valence-electron chi connectivity index (χ1n) is 5.75. The van der Waals surface area contributed by atoms with E-state index in [9.17, 15) is 0 Å². The van der Waals surface area contributed by atoms with E-state index in [4.69, 9.17) is 10.5 Å². The lowest BCUT2D eigenvalue weighted by molar-refractivity contribution is 0.411. The largest absolute Gasteiger partial charge is 0.496 e. The molecule has 1 rings (SSSR count). The second-order valence-electron chi connectivity index (χ2n) is 3.83. The van der Waals surface area contributed by atoms with Crippen LogP contribution in [0.15, 0.2) is 29.3 Å². The maximum atomic E-state index is 5.86. The number of hydrogen-bond donors (Lipinski definition) is 1. The molecule has 94 valence electrons. The second-order valence-corrected chi connectivity index (χ2v) is 4.82. The Morgan fingerprint density at radius 1 is 1.47 bits per heavy atom. The van der Waals surface area contributed by atoms with Gasteiger partial charge in [-0.3, -0.25) is 4.99 Å². The van der Waals surface area contributed by atoms with Crippen molar-refractivity contribution in [2.45, 2.75) is 32.1 Å². The van der Waals surface area contributed by atoms with Crippen LogP contribution in [0.25, 0.3) is 0 Å². The summed E-state index contributed by atoms with van der Waals surface area (Å²) in [5, 5.41) is 0.644. The summed E-state index contributed by atoms with van der Waals surface area (Å²) in [6, 6.07) is 8.25. The van der Waals surface area contributed by atoms with Gasteiger partial charge in [-0.25, -0.2) is 0 Å². The Kier molecular flexibility index (Phi) is 5.91. The van der Waals surface area contributed by atoms with Gasteiger partial charge in [0, 0.05) is 17.4 Å². The molecule has 1 atom stereocenters. The first-order valence-corrected chi connectivity index (χ1v) is 6.73. The molecule has 1 aromatic carbocycles. The number of benzene rings is 1. The third kappa shape index (κ3) is 4.69. The fourth-order valence-corrected chi connectivity index (χ4v) is 2.12. The van der Waals surface area contributed by atoms with Crippen molar-refractivity contribution < 1.29 is 4.74 Å². The van der Waals surface area contributed by atoms with Crippen molar-refractivity contribution in [3.05, 3.63) is 29.8 Å². The van der Waals surface area contributed by atoms with E-state index in [0.29, 0.717) is 11.2 Å². The highest BCUT2D eigenvalue weighted by Crippen LogP contribution is 2.22. The number of hydrogen-bond acceptors (Lipinski definition) is 3. The topological polar surface area (TPSA) is 47.6 Å². The van der Waals surface area contributed by atoms with Crippen LogP contribution in [0.1, 0.15) is 25.8 Å². The zero-order valence-electron chi connectivity index (χ0n) is 10.6. The summed E-state index contributed by atoms with van der Waals surface area (Å²) in [7, 11) is 1.68. The number of rotatable bonds is 5. The number of para-hydroxylation sites is 1. The predicted molar refractivity (Wildman–Crippen MR) is 75.7 cm³/mol. The van der Waals surface area contributed by atoms with Crippen molar-refractivity contribution in [1.29, 1.82) is 0 Å². The Morgan fingerprint density at radius 2 is 2.18 bits per heavy atom. The lowest BCUT2D eigenvalue weighted by atomic mass is 10.2. The molecule has 0 aliphatic heterocycles. The van der Waals surface area contributed by atoms with E-state index in [2.05, 4.69) is 18.8 Å². The minimum absolute atomic E-state index is 0.292. The van der Waals surface area contributed by atoms with E-state index in [1.807, 2.05) is 24.3 Å². The van der Waals surface area contributed by atoms with Crippen LogP contribution in [0.4, 0.5) is 0 Å². The molecule has 1 aromatic rings. The summed E-state index contributed by atoms with van der Waals surface area (Å²) in [5.74, 6) is 1.69. The summed E-state index contributed by atoms with van der Waals surface area (Å²) < 4.78 is 5.29. The van der Waals surface area contributed by atoms with Crippen molar-refractivity contribution in [3.63, 3.8) is 0 Å². The van der Waals surface area contributed by atoms with E-state index in [-0.39, 0.29) is 0 Å². The number of methoxy groups -OCH3 is 1. The third-order valence-electron chi connectivity index (χ3n) is 2.51. The van der Waals surface area contributed by atoms with Gasteiger partial charge < -0.3 is 10.5 Å². The summed E-state index contributed by atoms with van der Waals surface area (Å²) in [6.45, 7) is 4.17. The molecule has 0 saturated carbocycles. The number of thioether (sulfide) groups is 1. The van der Waals surface area contributed by atoms with Gasteiger partial charge in [0.2, 0.25) is 0 Å². The van der Waals surface area contributed by atoms with Crippen LogP contribution in [-0.2, 0) is 5.75 Å². The summed E-state index contributed by atoms with van der Waals surface area (Å²) >= 11 is 1.55. The number of nitrogens with two attached hydrogens (primary N) is 1. The van der Waals surface area contributed by atoms with Crippen LogP contribution in [0.5, 0.6) is 5.75 Å². The van der Waals surface area contributed by atoms with E-state index in [0.717, 1.165) is 23.5 Å². The van der Waals surface area contributed by atoms with E-state index < -0.39 is 0 Å². The zero-order valence-corrected chi connectivity index (χ0v) is 11.5. The van der Waals surface area contributed by atoms with Gasteiger partial charge in [-0.1, -0.05) is 36.9 Å². The Bertz CT molecular complexity index is 379. The van der Waals surface area contributed by atoms with Crippen molar-refractivity contribution >= 4 is 16.9 Å². The smallest absolute Gasteiger partial charge is 0.154 e. The molecular formula is C13H20N2OS. The molecule has 0 aliphatic rings. The van der Waals surface area contributed by atoms with Crippen molar-refractivity contribution in [2.75, 3.05) is 7.11 Å². The predicted octanol–water partition coefficient (Wildman–Crippen LogP) is 3.04. The minimum Gasteiger partial charge on any atom is -0.496 e. The van der Waals surface area contributed by atoms with Gasteiger partial charge in [-0.2, -0.15) is 0 Å². The number of nitrogens with zero attached hydrogens (tertiary/aromatic N) is 1. The zero-order chi connectivity index (χ0) is 12.7. The van der Waals surface area contributed by atoms with E-state index in [1.165, 1.54) is 0 Å². The molecular weight excluding hydrogens is 232 g/mol. The van der Waals surface area contributed by atoms with Crippen LogP contribution in [-0.4, -0.2) is 18.3 Å². The fourth-order valence-electron chi connectivity index (χ4n) is 1.32. The molecule has 17 heavy (non-hydrogen) atoms. The average molecular weight is 252 g/mol. The number of aliphatic imine (C=N–C) groups is 1. The SMILES string of the molecule is CC[C@@H](C)N=C(N)SCc1ccccc1OC. The molecule has 0 spiro atoms. The van der Waals surface area contributed by atoms with Crippen LogP contribution in [0, 0.1) is 0 Å². The molecule has 4 heteroatoms. The molecule has 0 heterocycles. The third-order valence-corrected chi connectivity index (χ3v) is 3.36. The minimum atomic E-state index is 0.292. The Balaban J connectivity index is 2.58. The van der Waals surface area contributed by atoms with Crippen LogP contribution < -0.4 is 10.5 Å². The van der Waals surface area contributed by atoms with Gasteiger partial charge in [0.25, 0.3) is 0 Å². The number of amidine groups is 1. The lowest BCUT2D eigenvalue weighted by Gasteiger charge is -2.08. The molecule has 0 aliphatic carbocycles. The van der Waals surface area contributed by atoms with Gasteiger partial charge in [0.1, 0.15) is 5.75 Å². The Morgan fingerprint density at radius 3 is 2.82 bits per heavy atom. The average Bonchev–Trinajstić information content (AvgIpc) is 2.36. The van der Waals surface area contributed by atoms with Crippen LogP contribution in [0.3, 0.4) is 0 Å². The summed E-state index contributed by atoms with van der Waals surface area (Å²) in [4.78, 5) is 4.38. The van der Waals surface area contributed by atoms with Crippen molar-refractivity contribution in [3.8, 4) is 5.75 Å². The van der Waals surface area contributed by atoms with E-state index >= 15 is 0 Å². The Hall–Kier alpha value is -1.16. The quantitative estimate of drug-likeness (QED) is 0.647. The van der Waals surface area contributed by atoms with Gasteiger partial charge in [-0.05, 0) is 19.4 Å². The molecule has 0 aromatic heterocycles. The van der Waals surface area contributed by atoms with Gasteiger partial charge >= 0.3 is 0 Å². The van der Waals surface area contributed by atoms with Gasteiger partial charge in [-0.15, -0.1) is 0 Å². The maximum Gasteiger partial charge on any atom is 0.154 e. The second kappa shape index (κ2) is 7.22. The lowest BCUT2D eigenvalue weighted by Crippen LogP contribution is -2.11. The molecule has 0 radical (unpaired) electrons. The molecule has 0 saturated heterocycles. The Labute approximate surface area is 107 Å². The highest BCUT2D eigenvalue weighted by atomic mass is 32.2. The van der Waals surface area contributed by atoms with Crippen molar-refractivity contribution in [2.24, 2.45) is 10.7 Å². The molecule has 0 bridgehead atoms. The van der Waals surface area contributed by atoms with Crippen LogP contribution >= 0.6 is 11.8 Å². The molecule has 0 amide bonds. The first-order chi connectivity index (χ1) is 8.17. The van der Waals surface area contributed by atoms with Gasteiger partial charge in [0.05, 0.1) is 7.11 Å². The summed E-state index contributed by atoms with van der Waals surface area (Å²) in [6.07, 6.45) is 1.01. The standard InChI is InChI=1S/C13H20N2OS/c1-4-10(2)15-13(14)17-9-11-7-5-6-8-12(11)16-3/h5-8,10H,4,9H2,1-3H3,(H2,14,15)/t10-/m1/s1. The molecule has 0 fully saturated rings. The monoisotopic (exact) mass is 252 g/mol. The fraction of sp³-hybridized carbons (Fsp3) is 0.462. The maximum absolute atomic E-state index is 5.86. The first kappa shape index (κ1) is 13.9. The van der Waals surface area contributed by atoms with Gasteiger partial charge in [0.15, 0.2) is 5.17 Å². The highest BCUT2D eigenvalue weighted by Gasteiger charge is 2.04. The molecule has 0 unspecified atom stereocenters. The summed E-state index contributed by atoms with van der Waals surface area (Å²) in [5.41, 5.74) is 7.00. The highest BCUT2D eigenvalue weighted by molar-refractivity contribution is 8.13. The molecule has 3 nitrogen and oxygen atoms in total.